The number of hydrogen-bond acceptors (Lipinski definition) is 4. The maximum absolute atomic E-state index is 13.2. The summed E-state index contributed by atoms with van der Waals surface area (Å²) in [6.45, 7) is 1.88. The molecule has 0 radical (unpaired) electrons. The van der Waals surface area contributed by atoms with Gasteiger partial charge in [0.25, 0.3) is 11.8 Å². The van der Waals surface area contributed by atoms with E-state index in [9.17, 15) is 14.4 Å². The summed E-state index contributed by atoms with van der Waals surface area (Å²) in [5.41, 5.74) is 0.347. The van der Waals surface area contributed by atoms with Crippen molar-refractivity contribution in [2.75, 3.05) is 14.2 Å². The minimum Gasteiger partial charge on any atom is -0.497 e. The first-order valence-corrected chi connectivity index (χ1v) is 11.8. The van der Waals surface area contributed by atoms with Gasteiger partial charge in [0, 0.05) is 25.5 Å². The molecule has 1 heterocycles. The van der Waals surface area contributed by atoms with E-state index >= 15 is 0 Å². The number of carbonyl (C=O) groups is 2. The second-order valence-electron chi connectivity index (χ2n) is 8.90. The Labute approximate surface area is 199 Å². The van der Waals surface area contributed by atoms with E-state index in [1.807, 2.05) is 47.9 Å². The van der Waals surface area contributed by atoms with Crippen molar-refractivity contribution in [2.45, 2.75) is 51.1 Å². The highest BCUT2D eigenvalue weighted by molar-refractivity contribution is 5.99. The Kier molecular flexibility index (Phi) is 7.01. The molecule has 2 amide bonds. The lowest BCUT2D eigenvalue weighted by molar-refractivity contribution is 0.0937. The first-order valence-electron chi connectivity index (χ1n) is 11.8. The zero-order chi connectivity index (χ0) is 24.2. The van der Waals surface area contributed by atoms with Gasteiger partial charge in [-0.3, -0.25) is 14.4 Å². The molecule has 0 saturated heterocycles. The van der Waals surface area contributed by atoms with E-state index in [1.54, 1.807) is 19.5 Å². The minimum atomic E-state index is -0.554. The van der Waals surface area contributed by atoms with Gasteiger partial charge in [0.05, 0.1) is 13.2 Å². The molecule has 7 nitrogen and oxygen atoms in total. The number of nitrogens with zero attached hydrogens (tertiary/aromatic N) is 1. The van der Waals surface area contributed by atoms with Crippen LogP contribution in [0, 0.1) is 0 Å². The van der Waals surface area contributed by atoms with Gasteiger partial charge in [-0.25, -0.2) is 0 Å². The second kappa shape index (κ2) is 10.1. The van der Waals surface area contributed by atoms with Crippen LogP contribution in [-0.2, 0) is 0 Å². The molecule has 3 aromatic rings. The summed E-state index contributed by atoms with van der Waals surface area (Å²) in [7, 11) is 3.12. The SMILES string of the molecule is CNC(=O)c1cn(C2CCCCC2)cc(C(=O)N[C@@H](C)c2ccc3cc(OC)ccc3c2)c1=O. The van der Waals surface area contributed by atoms with Crippen LogP contribution in [0.3, 0.4) is 0 Å². The molecule has 7 heteroatoms. The van der Waals surface area contributed by atoms with Crippen LogP contribution in [0.25, 0.3) is 10.8 Å². The number of aromatic nitrogens is 1. The summed E-state index contributed by atoms with van der Waals surface area (Å²) >= 11 is 0. The molecule has 1 aromatic heterocycles. The second-order valence-corrected chi connectivity index (χ2v) is 8.90. The van der Waals surface area contributed by atoms with E-state index in [0.717, 1.165) is 47.8 Å². The van der Waals surface area contributed by atoms with Crippen molar-refractivity contribution in [3.05, 3.63) is 75.7 Å². The Morgan fingerprint density at radius 3 is 2.29 bits per heavy atom. The van der Waals surface area contributed by atoms with Gasteiger partial charge in [0.15, 0.2) is 0 Å². The number of methoxy groups -OCH3 is 1. The van der Waals surface area contributed by atoms with E-state index in [4.69, 9.17) is 4.74 Å². The minimum absolute atomic E-state index is 0.00645. The fourth-order valence-electron chi connectivity index (χ4n) is 4.64. The van der Waals surface area contributed by atoms with Crippen molar-refractivity contribution in [3.8, 4) is 5.75 Å². The van der Waals surface area contributed by atoms with Gasteiger partial charge in [-0.05, 0) is 54.3 Å². The van der Waals surface area contributed by atoms with E-state index in [1.165, 1.54) is 13.5 Å². The highest BCUT2D eigenvalue weighted by Crippen LogP contribution is 2.28. The first-order chi connectivity index (χ1) is 16.4. The Balaban J connectivity index is 1.63. The fourth-order valence-corrected chi connectivity index (χ4v) is 4.64. The van der Waals surface area contributed by atoms with Gasteiger partial charge in [-0.2, -0.15) is 0 Å². The smallest absolute Gasteiger partial charge is 0.257 e. The lowest BCUT2D eigenvalue weighted by Crippen LogP contribution is -2.36. The number of amides is 2. The molecule has 1 atom stereocenters. The molecule has 2 aromatic carbocycles. The Morgan fingerprint density at radius 1 is 0.971 bits per heavy atom. The number of fused-ring (bicyclic) bond motifs is 1. The molecule has 1 saturated carbocycles. The fraction of sp³-hybridized carbons (Fsp3) is 0.370. The maximum atomic E-state index is 13.2. The summed E-state index contributed by atoms with van der Waals surface area (Å²) in [5.74, 6) is -0.184. The molecule has 0 bridgehead atoms. The molecule has 0 aliphatic heterocycles. The lowest BCUT2D eigenvalue weighted by atomic mass is 9.95. The largest absolute Gasteiger partial charge is 0.497 e. The number of carbonyl (C=O) groups excluding carboxylic acids is 2. The average molecular weight is 462 g/mol. The summed E-state index contributed by atoms with van der Waals surface area (Å²) in [5, 5.41) is 7.53. The Bertz CT molecular complexity index is 1270. The third kappa shape index (κ3) is 4.83. The monoisotopic (exact) mass is 461 g/mol. The standard InChI is InChI=1S/C27H31N3O4/c1-17(18-9-10-20-14-22(34-3)12-11-19(20)13-18)29-27(33)24-16-30(21-7-5-4-6-8-21)15-23(25(24)31)26(32)28-2/h9-17,21H,4-8H2,1-3H3,(H,28,32)(H,29,33)/t17-/m0/s1. The molecule has 0 spiro atoms. The van der Waals surface area contributed by atoms with Crippen LogP contribution in [-0.4, -0.2) is 30.5 Å². The van der Waals surface area contributed by atoms with Crippen LogP contribution in [0.2, 0.25) is 0 Å². The van der Waals surface area contributed by atoms with Gasteiger partial charge in [-0.15, -0.1) is 0 Å². The summed E-state index contributed by atoms with van der Waals surface area (Å²) in [6.07, 6.45) is 8.51. The number of ether oxygens (including phenoxy) is 1. The van der Waals surface area contributed by atoms with E-state index in [0.29, 0.717) is 0 Å². The van der Waals surface area contributed by atoms with Gasteiger partial charge >= 0.3 is 0 Å². The topological polar surface area (TPSA) is 89.4 Å². The number of benzene rings is 2. The molecular formula is C27H31N3O4. The van der Waals surface area contributed by atoms with Crippen molar-refractivity contribution < 1.29 is 14.3 Å². The van der Waals surface area contributed by atoms with Crippen molar-refractivity contribution in [3.63, 3.8) is 0 Å². The summed E-state index contributed by atoms with van der Waals surface area (Å²) in [4.78, 5) is 38.7. The van der Waals surface area contributed by atoms with Crippen molar-refractivity contribution in [1.29, 1.82) is 0 Å². The molecule has 1 aliphatic carbocycles. The van der Waals surface area contributed by atoms with Crippen LogP contribution < -0.4 is 20.8 Å². The lowest BCUT2D eigenvalue weighted by Gasteiger charge is -2.25. The van der Waals surface area contributed by atoms with Gasteiger partial charge in [0.2, 0.25) is 5.43 Å². The van der Waals surface area contributed by atoms with E-state index < -0.39 is 17.2 Å². The van der Waals surface area contributed by atoms with E-state index in [-0.39, 0.29) is 23.2 Å². The molecule has 178 valence electrons. The van der Waals surface area contributed by atoms with Crippen molar-refractivity contribution in [1.82, 2.24) is 15.2 Å². The maximum Gasteiger partial charge on any atom is 0.257 e. The van der Waals surface area contributed by atoms with Crippen LogP contribution in [0.15, 0.2) is 53.6 Å². The zero-order valence-electron chi connectivity index (χ0n) is 19.9. The van der Waals surface area contributed by atoms with Crippen molar-refractivity contribution >= 4 is 22.6 Å². The number of rotatable bonds is 6. The number of pyridine rings is 1. The quantitative estimate of drug-likeness (QED) is 0.571. The summed E-state index contributed by atoms with van der Waals surface area (Å²) < 4.78 is 7.17. The molecule has 4 rings (SSSR count). The first kappa shape index (κ1) is 23.5. The normalized spacial score (nSPS) is 15.0. The average Bonchev–Trinajstić information content (AvgIpc) is 2.88. The Morgan fingerprint density at radius 2 is 1.62 bits per heavy atom. The van der Waals surface area contributed by atoms with Crippen LogP contribution >= 0.6 is 0 Å². The van der Waals surface area contributed by atoms with Crippen LogP contribution in [0.1, 0.15) is 77.4 Å². The van der Waals surface area contributed by atoms with Gasteiger partial charge in [-0.1, -0.05) is 37.5 Å². The van der Waals surface area contributed by atoms with Crippen molar-refractivity contribution in [2.24, 2.45) is 0 Å². The summed E-state index contributed by atoms with van der Waals surface area (Å²) in [6, 6.07) is 11.6. The van der Waals surface area contributed by atoms with Gasteiger partial charge < -0.3 is 19.9 Å². The highest BCUT2D eigenvalue weighted by atomic mass is 16.5. The predicted molar refractivity (Wildman–Crippen MR) is 133 cm³/mol. The third-order valence-electron chi connectivity index (χ3n) is 6.68. The number of hydrogen-bond donors (Lipinski definition) is 2. The molecule has 2 N–H and O–H groups in total. The van der Waals surface area contributed by atoms with Crippen LogP contribution in [0.5, 0.6) is 5.75 Å². The predicted octanol–water partition coefficient (Wildman–Crippen LogP) is 4.37. The number of nitrogens with one attached hydrogen (secondary N) is 2. The van der Waals surface area contributed by atoms with Crippen LogP contribution in [0.4, 0.5) is 0 Å². The van der Waals surface area contributed by atoms with E-state index in [2.05, 4.69) is 10.6 Å². The third-order valence-corrected chi connectivity index (χ3v) is 6.68. The molecular weight excluding hydrogens is 430 g/mol. The molecule has 0 unspecified atom stereocenters. The molecule has 34 heavy (non-hydrogen) atoms. The Hall–Kier alpha value is -3.61. The van der Waals surface area contributed by atoms with Gasteiger partial charge in [0.1, 0.15) is 16.9 Å². The highest BCUT2D eigenvalue weighted by Gasteiger charge is 2.23. The molecule has 1 fully saturated rings. The zero-order valence-corrected chi connectivity index (χ0v) is 19.9. The molecule has 1 aliphatic rings.